The first kappa shape index (κ1) is 28.6. The van der Waals surface area contributed by atoms with Gasteiger partial charge in [-0.25, -0.2) is 9.78 Å². The van der Waals surface area contributed by atoms with Crippen LogP contribution in [0.15, 0.2) is 96.9 Å². The fourth-order valence-electron chi connectivity index (χ4n) is 4.51. The number of nitrogens with zero attached hydrogens (tertiary/aromatic N) is 2. The summed E-state index contributed by atoms with van der Waals surface area (Å²) in [5, 5.41) is 19.7. The monoisotopic (exact) mass is 572 g/mol. The molecule has 1 aromatic heterocycles. The first-order valence-electron chi connectivity index (χ1n) is 13.3. The first-order valence-corrected chi connectivity index (χ1v) is 14.3. The fourth-order valence-corrected chi connectivity index (χ4v) is 5.31. The minimum atomic E-state index is -0.544. The van der Waals surface area contributed by atoms with Gasteiger partial charge in [-0.15, -0.1) is 0 Å². The molecule has 0 aliphatic carbocycles. The Hall–Kier alpha value is -3.96. The number of alkyl carbamates (subject to hydrolysis) is 1. The summed E-state index contributed by atoms with van der Waals surface area (Å²) in [6.07, 6.45) is 2.45. The van der Waals surface area contributed by atoms with Crippen LogP contribution in [0, 0.1) is 0 Å². The lowest BCUT2D eigenvalue weighted by Crippen LogP contribution is -2.31. The fraction of sp³-hybridized carbons (Fsp3) is 0.258. The molecule has 5 rings (SSSR count). The van der Waals surface area contributed by atoms with Crippen LogP contribution >= 0.6 is 11.8 Å². The summed E-state index contributed by atoms with van der Waals surface area (Å²) in [6, 6.07) is 24.0. The van der Waals surface area contributed by atoms with E-state index in [1.54, 1.807) is 11.8 Å². The number of ether oxygens (including phenoxy) is 3. The Kier molecular flexibility index (Phi) is 9.82. The van der Waals surface area contributed by atoms with Crippen molar-refractivity contribution in [2.75, 3.05) is 12.4 Å². The second-order valence-electron chi connectivity index (χ2n) is 9.51. The molecule has 3 aromatic carbocycles. The van der Waals surface area contributed by atoms with Crippen LogP contribution in [0.3, 0.4) is 0 Å². The molecular formula is C31H32N4O5S. The van der Waals surface area contributed by atoms with Crippen LogP contribution in [0.5, 0.6) is 0 Å². The van der Waals surface area contributed by atoms with Gasteiger partial charge in [0, 0.05) is 24.3 Å². The minimum absolute atomic E-state index is 0.00201. The predicted octanol–water partition coefficient (Wildman–Crippen LogP) is 5.71. The lowest BCUT2D eigenvalue weighted by atomic mass is 9.99. The summed E-state index contributed by atoms with van der Waals surface area (Å²) in [7, 11) is 0. The van der Waals surface area contributed by atoms with Crippen molar-refractivity contribution in [2.24, 2.45) is 0 Å². The molecule has 0 saturated carbocycles. The van der Waals surface area contributed by atoms with Crippen LogP contribution in [-0.4, -0.2) is 44.8 Å². The first-order chi connectivity index (χ1) is 20.1. The normalized spacial score (nSPS) is 18.5. The molecular weight excluding hydrogens is 540 g/mol. The topological polar surface area (TPSA) is 119 Å². The van der Waals surface area contributed by atoms with Crippen LogP contribution in [0.25, 0.3) is 11.1 Å². The van der Waals surface area contributed by atoms with Gasteiger partial charge in [0.1, 0.15) is 12.9 Å². The molecule has 0 radical (unpaired) electrons. The van der Waals surface area contributed by atoms with Gasteiger partial charge in [0.2, 0.25) is 0 Å². The standard InChI is InChI=1S/C31H32N4O5S/c1-2-14-38-31(37)32-17-22-4-3-5-26(15-22)23-10-12-25(13-11-23)29-39-27(19-41-30-33-20-34-35-30)16-28(40-29)24-8-6-21(18-36)7-9-24/h2-13,15,20,27-29,36H,1,14,16-19H2,(H,32,37)(H,33,34,35). The Balaban J connectivity index is 1.29. The molecule has 9 nitrogen and oxygen atoms in total. The number of thioether (sulfide) groups is 1. The van der Waals surface area contributed by atoms with Crippen molar-refractivity contribution < 1.29 is 24.1 Å². The van der Waals surface area contributed by atoms with Crippen LogP contribution in [0.1, 0.15) is 41.1 Å². The molecule has 41 heavy (non-hydrogen) atoms. The SMILES string of the molecule is C=CCOC(=O)NCc1cccc(-c2ccc(C3OC(CSc4ncn[nH]4)CC(c4ccc(CO)cc4)O3)cc2)c1. The second-order valence-corrected chi connectivity index (χ2v) is 10.5. The molecule has 1 aliphatic rings. The second kappa shape index (κ2) is 14.1. The van der Waals surface area contributed by atoms with Gasteiger partial charge in [-0.3, -0.25) is 5.10 Å². The Morgan fingerprint density at radius 3 is 2.61 bits per heavy atom. The smallest absolute Gasteiger partial charge is 0.407 e. The number of aromatic amines is 1. The summed E-state index contributed by atoms with van der Waals surface area (Å²) >= 11 is 1.56. The van der Waals surface area contributed by atoms with Crippen LogP contribution < -0.4 is 5.32 Å². The van der Waals surface area contributed by atoms with Crippen molar-refractivity contribution in [3.05, 3.63) is 114 Å². The van der Waals surface area contributed by atoms with Crippen LogP contribution in [0.2, 0.25) is 0 Å². The third-order valence-electron chi connectivity index (χ3n) is 6.63. The van der Waals surface area contributed by atoms with E-state index in [9.17, 15) is 9.90 Å². The van der Waals surface area contributed by atoms with E-state index in [0.29, 0.717) is 18.7 Å². The van der Waals surface area contributed by atoms with Crippen molar-refractivity contribution in [3.8, 4) is 11.1 Å². The largest absolute Gasteiger partial charge is 0.445 e. The number of aromatic nitrogens is 3. The molecule has 1 amide bonds. The van der Waals surface area contributed by atoms with Crippen LogP contribution in [-0.2, 0) is 27.4 Å². The Morgan fingerprint density at radius 1 is 1.07 bits per heavy atom. The number of nitrogens with one attached hydrogen (secondary N) is 2. The molecule has 1 aliphatic heterocycles. The van der Waals surface area contributed by atoms with Crippen molar-refractivity contribution >= 4 is 17.9 Å². The highest BCUT2D eigenvalue weighted by Gasteiger charge is 2.32. The number of carbonyl (C=O) groups excluding carboxylic acids is 1. The average molecular weight is 573 g/mol. The minimum Gasteiger partial charge on any atom is -0.445 e. The number of hydrogen-bond donors (Lipinski definition) is 3. The van der Waals surface area contributed by atoms with Crippen molar-refractivity contribution in [2.45, 2.75) is 43.2 Å². The molecule has 10 heteroatoms. The van der Waals surface area contributed by atoms with Gasteiger partial charge in [-0.2, -0.15) is 5.10 Å². The third-order valence-corrected chi connectivity index (χ3v) is 7.63. The van der Waals surface area contributed by atoms with E-state index in [0.717, 1.165) is 38.5 Å². The number of aliphatic hydroxyl groups excluding tert-OH is 1. The third kappa shape index (κ3) is 7.83. The van der Waals surface area contributed by atoms with Crippen molar-refractivity contribution in [3.63, 3.8) is 0 Å². The van der Waals surface area contributed by atoms with E-state index < -0.39 is 12.4 Å². The van der Waals surface area contributed by atoms with E-state index in [-0.39, 0.29) is 25.4 Å². The molecule has 3 atom stereocenters. The molecule has 0 bridgehead atoms. The number of hydrogen-bond acceptors (Lipinski definition) is 8. The summed E-state index contributed by atoms with van der Waals surface area (Å²) in [4.78, 5) is 16.0. The molecule has 2 heterocycles. The number of benzene rings is 3. The van der Waals surface area contributed by atoms with Gasteiger partial charge in [-0.1, -0.05) is 91.1 Å². The number of carbonyl (C=O) groups is 1. The molecule has 1 fully saturated rings. The van der Waals surface area contributed by atoms with Crippen molar-refractivity contribution in [1.82, 2.24) is 20.5 Å². The zero-order valence-corrected chi connectivity index (χ0v) is 23.3. The predicted molar refractivity (Wildman–Crippen MR) is 156 cm³/mol. The van der Waals surface area contributed by atoms with E-state index in [1.165, 1.54) is 12.4 Å². The Bertz CT molecular complexity index is 1410. The van der Waals surface area contributed by atoms with Crippen molar-refractivity contribution in [1.29, 1.82) is 0 Å². The lowest BCUT2D eigenvalue weighted by Gasteiger charge is -2.36. The zero-order chi connectivity index (χ0) is 28.4. The van der Waals surface area contributed by atoms with Gasteiger partial charge < -0.3 is 24.6 Å². The molecule has 4 aromatic rings. The maximum atomic E-state index is 11.8. The quantitative estimate of drug-likeness (QED) is 0.154. The van der Waals surface area contributed by atoms with Gasteiger partial charge in [-0.05, 0) is 33.9 Å². The van der Waals surface area contributed by atoms with Gasteiger partial charge in [0.05, 0.1) is 18.8 Å². The molecule has 0 spiro atoms. The highest BCUT2D eigenvalue weighted by molar-refractivity contribution is 7.99. The zero-order valence-electron chi connectivity index (χ0n) is 22.4. The van der Waals surface area contributed by atoms with E-state index in [1.807, 2.05) is 72.8 Å². The summed E-state index contributed by atoms with van der Waals surface area (Å²) in [5.41, 5.74) is 5.85. The Labute approximate surface area is 243 Å². The molecule has 212 valence electrons. The number of aliphatic hydroxyl groups is 1. The summed E-state index contributed by atoms with van der Waals surface area (Å²) < 4.78 is 17.8. The maximum absolute atomic E-state index is 11.8. The number of amides is 1. The number of rotatable bonds is 11. The maximum Gasteiger partial charge on any atom is 0.407 e. The van der Waals surface area contributed by atoms with Crippen LogP contribution in [0.4, 0.5) is 4.79 Å². The highest BCUT2D eigenvalue weighted by atomic mass is 32.2. The van der Waals surface area contributed by atoms with Gasteiger partial charge in [0.25, 0.3) is 0 Å². The molecule has 1 saturated heterocycles. The van der Waals surface area contributed by atoms with E-state index >= 15 is 0 Å². The molecule has 3 unspecified atom stereocenters. The Morgan fingerprint density at radius 2 is 1.88 bits per heavy atom. The van der Waals surface area contributed by atoms with E-state index in [4.69, 9.17) is 14.2 Å². The number of H-pyrrole nitrogens is 1. The summed E-state index contributed by atoms with van der Waals surface area (Å²) in [5.74, 6) is 0.695. The van der Waals surface area contributed by atoms with Gasteiger partial charge in [0.15, 0.2) is 11.4 Å². The van der Waals surface area contributed by atoms with E-state index in [2.05, 4.69) is 27.1 Å². The molecule has 3 N–H and O–H groups in total. The highest BCUT2D eigenvalue weighted by Crippen LogP contribution is 2.39. The summed E-state index contributed by atoms with van der Waals surface area (Å²) in [6.45, 7) is 4.08. The average Bonchev–Trinajstić information content (AvgIpc) is 3.56. The lowest BCUT2D eigenvalue weighted by molar-refractivity contribution is -0.245. The van der Waals surface area contributed by atoms with Gasteiger partial charge >= 0.3 is 6.09 Å².